The maximum Gasteiger partial charge on any atom is 0.238 e. The van der Waals surface area contributed by atoms with Gasteiger partial charge in [-0.3, -0.25) is 4.79 Å². The molecular weight excluding hydrogens is 290 g/mol. The molecule has 2 nitrogen and oxygen atoms in total. The molecule has 0 saturated heterocycles. The molecule has 0 aromatic heterocycles. The lowest BCUT2D eigenvalue weighted by Gasteiger charge is -2.14. The van der Waals surface area contributed by atoms with E-state index < -0.39 is 0 Å². The lowest BCUT2D eigenvalue weighted by Crippen LogP contribution is -2.26. The molecule has 0 aliphatic carbocycles. The largest absolute Gasteiger partial charge is 0.325 e. The van der Waals surface area contributed by atoms with E-state index >= 15 is 0 Å². The molecule has 94 valence electrons. The van der Waals surface area contributed by atoms with Crippen LogP contribution in [0.15, 0.2) is 42.5 Å². The fourth-order valence-electron chi connectivity index (χ4n) is 1.78. The standard InChI is InChI=1S/C15H16BrNO/c1-10(2)14(16)15(18)17-13-8-7-11-5-3-4-6-12(11)9-13/h3-10,14H,1-2H3,(H,17,18). The lowest BCUT2D eigenvalue weighted by atomic mass is 10.1. The average molecular weight is 306 g/mol. The number of alkyl halides is 1. The van der Waals surface area contributed by atoms with Crippen LogP contribution >= 0.6 is 15.9 Å². The highest BCUT2D eigenvalue weighted by Gasteiger charge is 2.18. The van der Waals surface area contributed by atoms with E-state index in [1.54, 1.807) is 0 Å². The van der Waals surface area contributed by atoms with Crippen LogP contribution in [0.1, 0.15) is 13.8 Å². The Hall–Kier alpha value is -1.35. The van der Waals surface area contributed by atoms with E-state index in [1.807, 2.05) is 50.2 Å². The number of benzene rings is 2. The number of halogens is 1. The smallest absolute Gasteiger partial charge is 0.238 e. The highest BCUT2D eigenvalue weighted by molar-refractivity contribution is 9.10. The van der Waals surface area contributed by atoms with Crippen LogP contribution in [0.2, 0.25) is 0 Å². The Morgan fingerprint density at radius 3 is 2.44 bits per heavy atom. The summed E-state index contributed by atoms with van der Waals surface area (Å²) in [5.41, 5.74) is 0.837. The number of amides is 1. The SMILES string of the molecule is CC(C)C(Br)C(=O)Nc1ccc2ccccc2c1. The molecule has 0 heterocycles. The van der Waals surface area contributed by atoms with Crippen LogP contribution in [0.5, 0.6) is 0 Å². The number of fused-ring (bicyclic) bond motifs is 1. The summed E-state index contributed by atoms with van der Waals surface area (Å²) in [6.07, 6.45) is 0. The molecule has 3 heteroatoms. The lowest BCUT2D eigenvalue weighted by molar-refractivity contribution is -0.116. The van der Waals surface area contributed by atoms with E-state index in [2.05, 4.69) is 27.3 Å². The Bertz CT molecular complexity index is 565. The number of hydrogen-bond acceptors (Lipinski definition) is 1. The molecule has 2 aromatic rings. The first-order valence-corrected chi connectivity index (χ1v) is 6.93. The van der Waals surface area contributed by atoms with Gasteiger partial charge >= 0.3 is 0 Å². The van der Waals surface area contributed by atoms with Gasteiger partial charge in [0.05, 0.1) is 4.83 Å². The van der Waals surface area contributed by atoms with E-state index in [1.165, 1.54) is 5.39 Å². The number of rotatable bonds is 3. The van der Waals surface area contributed by atoms with E-state index in [-0.39, 0.29) is 16.7 Å². The molecule has 0 aliphatic heterocycles. The van der Waals surface area contributed by atoms with Gasteiger partial charge in [0.25, 0.3) is 0 Å². The Morgan fingerprint density at radius 1 is 1.11 bits per heavy atom. The third-order valence-electron chi connectivity index (χ3n) is 2.85. The summed E-state index contributed by atoms with van der Waals surface area (Å²) in [4.78, 5) is 11.8. The molecular formula is C15H16BrNO. The second kappa shape index (κ2) is 5.53. The molecule has 0 radical (unpaired) electrons. The van der Waals surface area contributed by atoms with Crippen molar-refractivity contribution in [1.82, 2.24) is 0 Å². The fourth-order valence-corrected chi connectivity index (χ4v) is 1.90. The second-order valence-corrected chi connectivity index (χ2v) is 5.68. The molecule has 0 saturated carbocycles. The van der Waals surface area contributed by atoms with Crippen LogP contribution in [-0.2, 0) is 4.79 Å². The average Bonchev–Trinajstić information content (AvgIpc) is 2.37. The predicted octanol–water partition coefficient (Wildman–Crippen LogP) is 4.20. The summed E-state index contributed by atoms with van der Waals surface area (Å²) < 4.78 is 0. The minimum atomic E-state index is -0.163. The van der Waals surface area contributed by atoms with Gasteiger partial charge in [0, 0.05) is 5.69 Å². The van der Waals surface area contributed by atoms with Gasteiger partial charge in [-0.2, -0.15) is 0 Å². The molecule has 0 fully saturated rings. The van der Waals surface area contributed by atoms with Crippen LogP contribution in [0.4, 0.5) is 5.69 Å². The van der Waals surface area contributed by atoms with Crippen molar-refractivity contribution in [2.75, 3.05) is 5.32 Å². The van der Waals surface area contributed by atoms with Gasteiger partial charge in [0.1, 0.15) is 0 Å². The number of carbonyl (C=O) groups is 1. The van der Waals surface area contributed by atoms with E-state index in [0.29, 0.717) is 0 Å². The third kappa shape index (κ3) is 2.91. The first kappa shape index (κ1) is 13.1. The molecule has 1 atom stereocenters. The van der Waals surface area contributed by atoms with Crippen molar-refractivity contribution in [3.63, 3.8) is 0 Å². The zero-order chi connectivity index (χ0) is 13.1. The summed E-state index contributed by atoms with van der Waals surface area (Å²) in [6.45, 7) is 4.03. The number of anilines is 1. The van der Waals surface area contributed by atoms with Crippen molar-refractivity contribution in [3.8, 4) is 0 Å². The molecule has 1 unspecified atom stereocenters. The molecule has 0 bridgehead atoms. The Balaban J connectivity index is 2.19. The maximum atomic E-state index is 11.9. The first-order valence-electron chi connectivity index (χ1n) is 6.01. The highest BCUT2D eigenvalue weighted by Crippen LogP contribution is 2.20. The van der Waals surface area contributed by atoms with Crippen LogP contribution in [0.25, 0.3) is 10.8 Å². The van der Waals surface area contributed by atoms with Gasteiger partial charge in [-0.05, 0) is 28.8 Å². The van der Waals surface area contributed by atoms with Crippen molar-refractivity contribution < 1.29 is 4.79 Å². The minimum absolute atomic E-state index is 0.000260. The second-order valence-electron chi connectivity index (χ2n) is 4.70. The molecule has 0 aliphatic rings. The van der Waals surface area contributed by atoms with Crippen LogP contribution in [0.3, 0.4) is 0 Å². The summed E-state index contributed by atoms with van der Waals surface area (Å²) in [6, 6.07) is 14.0. The van der Waals surface area contributed by atoms with Crippen LogP contribution in [-0.4, -0.2) is 10.7 Å². The molecule has 2 rings (SSSR count). The van der Waals surface area contributed by atoms with Gasteiger partial charge in [-0.25, -0.2) is 0 Å². The summed E-state index contributed by atoms with van der Waals surface area (Å²) >= 11 is 3.40. The van der Waals surface area contributed by atoms with Crippen molar-refractivity contribution in [2.45, 2.75) is 18.7 Å². The van der Waals surface area contributed by atoms with E-state index in [4.69, 9.17) is 0 Å². The van der Waals surface area contributed by atoms with E-state index in [0.717, 1.165) is 11.1 Å². The van der Waals surface area contributed by atoms with Crippen molar-refractivity contribution in [2.24, 2.45) is 5.92 Å². The number of hydrogen-bond donors (Lipinski definition) is 1. The normalized spacial score (nSPS) is 12.7. The number of nitrogens with one attached hydrogen (secondary N) is 1. The van der Waals surface area contributed by atoms with Gasteiger partial charge < -0.3 is 5.32 Å². The van der Waals surface area contributed by atoms with Gasteiger partial charge in [0.15, 0.2) is 0 Å². The summed E-state index contributed by atoms with van der Waals surface area (Å²) in [5, 5.41) is 5.24. The van der Waals surface area contributed by atoms with Crippen LogP contribution < -0.4 is 5.32 Å². The summed E-state index contributed by atoms with van der Waals surface area (Å²) in [5.74, 6) is 0.269. The zero-order valence-electron chi connectivity index (χ0n) is 10.5. The fraction of sp³-hybridized carbons (Fsp3) is 0.267. The van der Waals surface area contributed by atoms with Crippen molar-refractivity contribution >= 4 is 38.3 Å². The van der Waals surface area contributed by atoms with Crippen molar-refractivity contribution in [3.05, 3.63) is 42.5 Å². The molecule has 1 amide bonds. The minimum Gasteiger partial charge on any atom is -0.325 e. The van der Waals surface area contributed by atoms with Gasteiger partial charge in [0.2, 0.25) is 5.91 Å². The molecule has 0 spiro atoms. The van der Waals surface area contributed by atoms with Crippen molar-refractivity contribution in [1.29, 1.82) is 0 Å². The molecule has 18 heavy (non-hydrogen) atoms. The molecule has 2 aromatic carbocycles. The quantitative estimate of drug-likeness (QED) is 0.846. The first-order chi connectivity index (χ1) is 8.58. The zero-order valence-corrected chi connectivity index (χ0v) is 12.1. The Morgan fingerprint density at radius 2 is 1.78 bits per heavy atom. The maximum absolute atomic E-state index is 11.9. The molecule has 1 N–H and O–H groups in total. The third-order valence-corrected chi connectivity index (χ3v) is 4.33. The van der Waals surface area contributed by atoms with Crippen LogP contribution in [0, 0.1) is 5.92 Å². The van der Waals surface area contributed by atoms with Gasteiger partial charge in [-0.1, -0.05) is 60.1 Å². The summed E-state index contributed by atoms with van der Waals surface area (Å²) in [7, 11) is 0. The highest BCUT2D eigenvalue weighted by atomic mass is 79.9. The monoisotopic (exact) mass is 305 g/mol. The number of carbonyl (C=O) groups excluding carboxylic acids is 1. The predicted molar refractivity (Wildman–Crippen MR) is 80.1 cm³/mol. The van der Waals surface area contributed by atoms with Gasteiger partial charge in [-0.15, -0.1) is 0 Å². The Kier molecular flexibility index (Phi) is 4.02. The topological polar surface area (TPSA) is 29.1 Å². The Labute approximate surface area is 116 Å². The van der Waals surface area contributed by atoms with E-state index in [9.17, 15) is 4.79 Å².